The standard InChI is InChI=1S/C12H8ClF3N2/c13-11-17-6-5-9(18-11)7-8-3-1-2-4-10(8)12(14,15)16/h1-6H,7H2. The van der Waals surface area contributed by atoms with Gasteiger partial charge in [0.1, 0.15) is 0 Å². The number of benzene rings is 1. The molecule has 0 bridgehead atoms. The van der Waals surface area contributed by atoms with Gasteiger partial charge in [-0.1, -0.05) is 18.2 Å². The fourth-order valence-corrected chi connectivity index (χ4v) is 1.78. The van der Waals surface area contributed by atoms with Gasteiger partial charge in [0.25, 0.3) is 0 Å². The van der Waals surface area contributed by atoms with E-state index < -0.39 is 11.7 Å². The zero-order chi connectivity index (χ0) is 13.2. The van der Waals surface area contributed by atoms with Gasteiger partial charge in [0, 0.05) is 18.3 Å². The Labute approximate surface area is 106 Å². The Bertz CT molecular complexity index is 555. The molecule has 0 aliphatic rings. The Hall–Kier alpha value is -1.62. The highest BCUT2D eigenvalue weighted by molar-refractivity contribution is 6.28. The molecule has 0 atom stereocenters. The second kappa shape index (κ2) is 4.94. The van der Waals surface area contributed by atoms with Crippen LogP contribution < -0.4 is 0 Å². The molecule has 0 radical (unpaired) electrons. The lowest BCUT2D eigenvalue weighted by atomic mass is 10.0. The van der Waals surface area contributed by atoms with E-state index in [9.17, 15) is 13.2 Å². The van der Waals surface area contributed by atoms with E-state index in [1.807, 2.05) is 0 Å². The number of halogens is 4. The highest BCUT2D eigenvalue weighted by Crippen LogP contribution is 2.32. The van der Waals surface area contributed by atoms with Crippen molar-refractivity contribution in [2.24, 2.45) is 0 Å². The maximum Gasteiger partial charge on any atom is 0.416 e. The van der Waals surface area contributed by atoms with Crippen LogP contribution in [0.5, 0.6) is 0 Å². The van der Waals surface area contributed by atoms with Crippen molar-refractivity contribution >= 4 is 11.6 Å². The molecule has 0 fully saturated rings. The van der Waals surface area contributed by atoms with Crippen LogP contribution in [0.15, 0.2) is 36.5 Å². The van der Waals surface area contributed by atoms with Crippen molar-refractivity contribution < 1.29 is 13.2 Å². The van der Waals surface area contributed by atoms with Gasteiger partial charge in [0.2, 0.25) is 5.28 Å². The average molecular weight is 273 g/mol. The molecule has 94 valence electrons. The molecule has 0 aliphatic carbocycles. The summed E-state index contributed by atoms with van der Waals surface area (Å²) < 4.78 is 38.3. The molecule has 0 unspecified atom stereocenters. The molecule has 0 saturated carbocycles. The molecule has 6 heteroatoms. The van der Waals surface area contributed by atoms with Gasteiger partial charge in [-0.2, -0.15) is 13.2 Å². The van der Waals surface area contributed by atoms with Crippen molar-refractivity contribution in [3.05, 3.63) is 58.6 Å². The topological polar surface area (TPSA) is 25.8 Å². The highest BCUT2D eigenvalue weighted by Gasteiger charge is 2.32. The van der Waals surface area contributed by atoms with Gasteiger partial charge in [-0.15, -0.1) is 0 Å². The van der Waals surface area contributed by atoms with Crippen LogP contribution in [-0.4, -0.2) is 9.97 Å². The molecule has 1 aromatic carbocycles. The zero-order valence-electron chi connectivity index (χ0n) is 9.08. The largest absolute Gasteiger partial charge is 0.416 e. The maximum atomic E-state index is 12.8. The lowest BCUT2D eigenvalue weighted by molar-refractivity contribution is -0.138. The number of rotatable bonds is 2. The van der Waals surface area contributed by atoms with Crippen LogP contribution in [0.2, 0.25) is 5.28 Å². The quantitative estimate of drug-likeness (QED) is 0.778. The monoisotopic (exact) mass is 272 g/mol. The summed E-state index contributed by atoms with van der Waals surface area (Å²) in [4.78, 5) is 7.56. The van der Waals surface area contributed by atoms with Gasteiger partial charge in [-0.25, -0.2) is 9.97 Å². The van der Waals surface area contributed by atoms with Gasteiger partial charge in [-0.3, -0.25) is 0 Å². The van der Waals surface area contributed by atoms with Gasteiger partial charge in [0.05, 0.1) is 5.56 Å². The van der Waals surface area contributed by atoms with E-state index in [0.717, 1.165) is 6.07 Å². The lowest BCUT2D eigenvalue weighted by Crippen LogP contribution is -2.09. The third-order valence-electron chi connectivity index (χ3n) is 2.38. The zero-order valence-corrected chi connectivity index (χ0v) is 9.83. The first-order chi connectivity index (χ1) is 8.47. The van der Waals surface area contributed by atoms with E-state index in [2.05, 4.69) is 9.97 Å². The highest BCUT2D eigenvalue weighted by atomic mass is 35.5. The number of alkyl halides is 3. The first-order valence-electron chi connectivity index (χ1n) is 5.09. The molecule has 0 aliphatic heterocycles. The lowest BCUT2D eigenvalue weighted by Gasteiger charge is -2.12. The third kappa shape index (κ3) is 2.98. The summed E-state index contributed by atoms with van der Waals surface area (Å²) >= 11 is 5.60. The molecule has 2 nitrogen and oxygen atoms in total. The van der Waals surface area contributed by atoms with E-state index in [1.165, 1.54) is 18.3 Å². The van der Waals surface area contributed by atoms with Crippen LogP contribution in [-0.2, 0) is 12.6 Å². The molecular formula is C12H8ClF3N2. The Morgan fingerprint density at radius 3 is 2.50 bits per heavy atom. The normalized spacial score (nSPS) is 11.6. The van der Waals surface area contributed by atoms with Crippen LogP contribution in [0.25, 0.3) is 0 Å². The minimum absolute atomic E-state index is 0.0250. The van der Waals surface area contributed by atoms with Crippen LogP contribution in [0, 0.1) is 0 Å². The molecule has 1 heterocycles. The number of hydrogen-bond donors (Lipinski definition) is 0. The van der Waals surface area contributed by atoms with Crippen molar-refractivity contribution in [3.63, 3.8) is 0 Å². The second-order valence-electron chi connectivity index (χ2n) is 3.65. The summed E-state index contributed by atoms with van der Waals surface area (Å²) in [5.74, 6) is 0. The van der Waals surface area contributed by atoms with Crippen molar-refractivity contribution in [1.29, 1.82) is 0 Å². The first kappa shape index (κ1) is 12.8. The van der Waals surface area contributed by atoms with Crippen LogP contribution in [0.4, 0.5) is 13.2 Å². The van der Waals surface area contributed by atoms with Crippen molar-refractivity contribution in [2.75, 3.05) is 0 Å². The van der Waals surface area contributed by atoms with Gasteiger partial charge >= 0.3 is 6.18 Å². The van der Waals surface area contributed by atoms with Gasteiger partial charge in [-0.05, 0) is 29.3 Å². The summed E-state index contributed by atoms with van der Waals surface area (Å²) in [5, 5.41) is 0.0250. The van der Waals surface area contributed by atoms with Crippen molar-refractivity contribution in [2.45, 2.75) is 12.6 Å². The molecule has 2 rings (SSSR count). The maximum absolute atomic E-state index is 12.8. The molecule has 2 aromatic rings. The molecule has 0 saturated heterocycles. The average Bonchev–Trinajstić information content (AvgIpc) is 2.28. The minimum atomic E-state index is -4.37. The molecule has 1 aromatic heterocycles. The predicted octanol–water partition coefficient (Wildman–Crippen LogP) is 3.74. The minimum Gasteiger partial charge on any atom is -0.227 e. The second-order valence-corrected chi connectivity index (χ2v) is 3.99. The summed E-state index contributed by atoms with van der Waals surface area (Å²) in [6.45, 7) is 0. The summed E-state index contributed by atoms with van der Waals surface area (Å²) in [6, 6.07) is 6.95. The van der Waals surface area contributed by atoms with E-state index in [4.69, 9.17) is 11.6 Å². The first-order valence-corrected chi connectivity index (χ1v) is 5.47. The Morgan fingerprint density at radius 2 is 1.83 bits per heavy atom. The fraction of sp³-hybridized carbons (Fsp3) is 0.167. The molecule has 18 heavy (non-hydrogen) atoms. The number of nitrogens with zero attached hydrogens (tertiary/aromatic N) is 2. The van der Waals surface area contributed by atoms with E-state index in [0.29, 0.717) is 5.69 Å². The Balaban J connectivity index is 2.35. The third-order valence-corrected chi connectivity index (χ3v) is 2.56. The predicted molar refractivity (Wildman–Crippen MR) is 61.3 cm³/mol. The van der Waals surface area contributed by atoms with E-state index in [1.54, 1.807) is 12.1 Å². The molecule has 0 amide bonds. The number of hydrogen-bond acceptors (Lipinski definition) is 2. The van der Waals surface area contributed by atoms with Crippen LogP contribution in [0.3, 0.4) is 0 Å². The van der Waals surface area contributed by atoms with Gasteiger partial charge < -0.3 is 0 Å². The fourth-order valence-electron chi connectivity index (χ4n) is 1.61. The van der Waals surface area contributed by atoms with Crippen LogP contribution in [0.1, 0.15) is 16.8 Å². The summed E-state index contributed by atoms with van der Waals surface area (Å²) in [6.07, 6.45) is -2.88. The van der Waals surface area contributed by atoms with Crippen molar-refractivity contribution in [3.8, 4) is 0 Å². The summed E-state index contributed by atoms with van der Waals surface area (Å²) in [5.41, 5.74) is -0.0359. The number of aromatic nitrogens is 2. The van der Waals surface area contributed by atoms with Crippen LogP contribution >= 0.6 is 11.6 Å². The van der Waals surface area contributed by atoms with Gasteiger partial charge in [0.15, 0.2) is 0 Å². The smallest absolute Gasteiger partial charge is 0.227 e. The Morgan fingerprint density at radius 1 is 1.11 bits per heavy atom. The molecular weight excluding hydrogens is 265 g/mol. The summed E-state index contributed by atoms with van der Waals surface area (Å²) in [7, 11) is 0. The molecule has 0 N–H and O–H groups in total. The Kier molecular flexibility index (Phi) is 3.52. The van der Waals surface area contributed by atoms with Crippen molar-refractivity contribution in [1.82, 2.24) is 9.97 Å². The SMILES string of the molecule is FC(F)(F)c1ccccc1Cc1ccnc(Cl)n1. The van der Waals surface area contributed by atoms with E-state index >= 15 is 0 Å². The van der Waals surface area contributed by atoms with E-state index in [-0.39, 0.29) is 17.3 Å². The molecule has 0 spiro atoms.